The molecule has 1 aromatic carbocycles. The van der Waals surface area contributed by atoms with E-state index in [1.807, 2.05) is 20.8 Å². The lowest BCUT2D eigenvalue weighted by molar-refractivity contribution is 0.0929. The number of rotatable bonds is 4. The van der Waals surface area contributed by atoms with Crippen LogP contribution in [0.2, 0.25) is 0 Å². The van der Waals surface area contributed by atoms with Crippen molar-refractivity contribution in [1.82, 2.24) is 10.3 Å². The van der Waals surface area contributed by atoms with E-state index < -0.39 is 17.5 Å². The van der Waals surface area contributed by atoms with Gasteiger partial charge in [0.1, 0.15) is 17.5 Å². The zero-order chi connectivity index (χ0) is 18.9. The molecule has 2 heterocycles. The predicted molar refractivity (Wildman–Crippen MR) is 91.8 cm³/mol. The van der Waals surface area contributed by atoms with E-state index in [2.05, 4.69) is 15.6 Å². The Morgan fingerprint density at radius 3 is 2.50 bits per heavy atom. The van der Waals surface area contributed by atoms with Crippen molar-refractivity contribution in [2.75, 3.05) is 18.7 Å². The summed E-state index contributed by atoms with van der Waals surface area (Å²) < 4.78 is 37.4. The van der Waals surface area contributed by atoms with Gasteiger partial charge in [-0.05, 0) is 17.5 Å². The average molecular weight is 363 g/mol. The Morgan fingerprint density at radius 1 is 1.15 bits per heavy atom. The number of amides is 1. The number of nitrogens with zero attached hydrogens (tertiary/aromatic N) is 1. The molecule has 2 aromatic rings. The summed E-state index contributed by atoms with van der Waals surface area (Å²) in [5, 5.41) is 5.57. The van der Waals surface area contributed by atoms with E-state index in [0.29, 0.717) is 12.3 Å². The van der Waals surface area contributed by atoms with Gasteiger partial charge in [-0.15, -0.1) is 0 Å². The summed E-state index contributed by atoms with van der Waals surface area (Å²) in [6.07, 6.45) is 0. The van der Waals surface area contributed by atoms with Crippen molar-refractivity contribution in [2.45, 2.75) is 20.8 Å². The topological polar surface area (TPSA) is 72.5 Å². The number of halogens is 2. The fourth-order valence-electron chi connectivity index (χ4n) is 2.33. The first-order valence-electron chi connectivity index (χ1n) is 8.03. The molecule has 0 saturated heterocycles. The number of nitrogens with one attached hydrogen (secondary N) is 2. The number of hydrogen-bond acceptors (Lipinski definition) is 5. The fraction of sp³-hybridized carbons (Fsp3) is 0.333. The third kappa shape index (κ3) is 4.19. The number of ether oxygens (including phenoxy) is 2. The summed E-state index contributed by atoms with van der Waals surface area (Å²) in [5.74, 6) is -1.09. The minimum absolute atomic E-state index is 0.0331. The molecule has 0 atom stereocenters. The summed E-state index contributed by atoms with van der Waals surface area (Å²) in [7, 11) is 0. The highest BCUT2D eigenvalue weighted by atomic mass is 19.1. The molecule has 2 N–H and O–H groups in total. The van der Waals surface area contributed by atoms with Crippen LogP contribution in [0.5, 0.6) is 11.5 Å². The minimum Gasteiger partial charge on any atom is -0.453 e. The molecule has 1 aliphatic heterocycles. The molecule has 0 aliphatic carbocycles. The minimum atomic E-state index is -0.726. The Morgan fingerprint density at radius 2 is 1.85 bits per heavy atom. The maximum atomic E-state index is 13.4. The Labute approximate surface area is 149 Å². The first kappa shape index (κ1) is 17.9. The van der Waals surface area contributed by atoms with E-state index in [1.54, 1.807) is 0 Å². The van der Waals surface area contributed by atoms with E-state index in [9.17, 15) is 13.6 Å². The van der Waals surface area contributed by atoms with Crippen LogP contribution in [-0.2, 0) is 0 Å². The molecule has 8 heteroatoms. The largest absolute Gasteiger partial charge is 0.453 e. The SMILES string of the molecule is CC(C)(C)CNC(=O)c1nc(Nc2cc(F)cc(F)c2)cc2c1OCO2. The average Bonchev–Trinajstić information content (AvgIpc) is 2.98. The summed E-state index contributed by atoms with van der Waals surface area (Å²) in [6, 6.07) is 4.51. The molecule has 0 unspecified atom stereocenters. The van der Waals surface area contributed by atoms with Crippen LogP contribution in [0.25, 0.3) is 0 Å². The van der Waals surface area contributed by atoms with Crippen molar-refractivity contribution < 1.29 is 23.0 Å². The molecule has 0 radical (unpaired) electrons. The van der Waals surface area contributed by atoms with Gasteiger partial charge in [-0.25, -0.2) is 13.8 Å². The van der Waals surface area contributed by atoms with Gasteiger partial charge in [0.25, 0.3) is 5.91 Å². The van der Waals surface area contributed by atoms with Crippen LogP contribution in [0.15, 0.2) is 24.3 Å². The van der Waals surface area contributed by atoms with Gasteiger partial charge in [0.05, 0.1) is 0 Å². The molecule has 1 aromatic heterocycles. The number of carbonyl (C=O) groups excluding carboxylic acids is 1. The standard InChI is InChI=1S/C18H19F2N3O3/c1-18(2,3)8-21-17(24)15-16-13(25-9-26-16)7-14(23-15)22-12-5-10(19)4-11(20)6-12/h4-7H,8-9H2,1-3H3,(H,21,24)(H,22,23). The van der Waals surface area contributed by atoms with Gasteiger partial charge in [0.2, 0.25) is 6.79 Å². The Hall–Kier alpha value is -2.90. The Balaban J connectivity index is 1.89. The van der Waals surface area contributed by atoms with Crippen molar-refractivity contribution in [3.8, 4) is 11.5 Å². The number of benzene rings is 1. The van der Waals surface area contributed by atoms with Crippen molar-refractivity contribution in [3.05, 3.63) is 41.6 Å². The van der Waals surface area contributed by atoms with E-state index in [4.69, 9.17) is 9.47 Å². The summed E-state index contributed by atoms with van der Waals surface area (Å²) in [4.78, 5) is 16.7. The van der Waals surface area contributed by atoms with Gasteiger partial charge in [-0.1, -0.05) is 20.8 Å². The molecule has 0 saturated carbocycles. The molecule has 0 bridgehead atoms. The van der Waals surface area contributed by atoms with Crippen molar-refractivity contribution >= 4 is 17.4 Å². The van der Waals surface area contributed by atoms with E-state index in [1.165, 1.54) is 6.07 Å². The second-order valence-corrected chi connectivity index (χ2v) is 7.12. The van der Waals surface area contributed by atoms with Crippen LogP contribution in [-0.4, -0.2) is 24.2 Å². The van der Waals surface area contributed by atoms with Crippen molar-refractivity contribution in [3.63, 3.8) is 0 Å². The molecule has 138 valence electrons. The number of anilines is 2. The lowest BCUT2D eigenvalue weighted by atomic mass is 9.97. The molecular weight excluding hydrogens is 344 g/mol. The third-order valence-corrected chi connectivity index (χ3v) is 3.49. The Kier molecular flexibility index (Phi) is 4.67. The fourth-order valence-corrected chi connectivity index (χ4v) is 2.33. The molecule has 0 spiro atoms. The predicted octanol–water partition coefficient (Wildman–Crippen LogP) is 3.61. The maximum absolute atomic E-state index is 13.4. The van der Waals surface area contributed by atoms with E-state index in [-0.39, 0.29) is 35.2 Å². The number of carbonyl (C=O) groups is 1. The van der Waals surface area contributed by atoms with Gasteiger partial charge in [0, 0.05) is 24.4 Å². The van der Waals surface area contributed by atoms with Gasteiger partial charge in [-0.3, -0.25) is 4.79 Å². The van der Waals surface area contributed by atoms with Crippen molar-refractivity contribution in [2.24, 2.45) is 5.41 Å². The highest BCUT2D eigenvalue weighted by Gasteiger charge is 2.26. The lowest BCUT2D eigenvalue weighted by Crippen LogP contribution is -2.33. The number of pyridine rings is 1. The maximum Gasteiger partial charge on any atom is 0.274 e. The zero-order valence-electron chi connectivity index (χ0n) is 14.7. The van der Waals surface area contributed by atoms with Crippen LogP contribution in [0, 0.1) is 17.0 Å². The van der Waals surface area contributed by atoms with Crippen LogP contribution < -0.4 is 20.1 Å². The first-order chi connectivity index (χ1) is 12.2. The molecule has 3 rings (SSSR count). The molecule has 1 amide bonds. The zero-order valence-corrected chi connectivity index (χ0v) is 14.7. The second kappa shape index (κ2) is 6.78. The van der Waals surface area contributed by atoms with Crippen LogP contribution >= 0.6 is 0 Å². The van der Waals surface area contributed by atoms with Crippen LogP contribution in [0.3, 0.4) is 0 Å². The quantitative estimate of drug-likeness (QED) is 0.868. The summed E-state index contributed by atoms with van der Waals surface area (Å²) in [5.41, 5.74) is 0.101. The highest BCUT2D eigenvalue weighted by molar-refractivity contribution is 5.96. The molecule has 26 heavy (non-hydrogen) atoms. The summed E-state index contributed by atoms with van der Waals surface area (Å²) >= 11 is 0. The molecule has 0 fully saturated rings. The molecule has 6 nitrogen and oxygen atoms in total. The Bertz CT molecular complexity index is 830. The van der Waals surface area contributed by atoms with Crippen molar-refractivity contribution in [1.29, 1.82) is 0 Å². The van der Waals surface area contributed by atoms with E-state index >= 15 is 0 Å². The second-order valence-electron chi connectivity index (χ2n) is 7.12. The highest BCUT2D eigenvalue weighted by Crippen LogP contribution is 2.37. The number of hydrogen-bond donors (Lipinski definition) is 2. The monoisotopic (exact) mass is 363 g/mol. The lowest BCUT2D eigenvalue weighted by Gasteiger charge is -2.19. The van der Waals surface area contributed by atoms with Gasteiger partial charge < -0.3 is 20.1 Å². The normalized spacial score (nSPS) is 12.8. The van der Waals surface area contributed by atoms with Crippen LogP contribution in [0.1, 0.15) is 31.3 Å². The number of fused-ring (bicyclic) bond motifs is 1. The van der Waals surface area contributed by atoms with Gasteiger partial charge in [0.15, 0.2) is 17.2 Å². The first-order valence-corrected chi connectivity index (χ1v) is 8.03. The summed E-state index contributed by atoms with van der Waals surface area (Å²) in [6.45, 7) is 6.37. The molecular formula is C18H19F2N3O3. The third-order valence-electron chi connectivity index (χ3n) is 3.49. The van der Waals surface area contributed by atoms with Gasteiger partial charge in [-0.2, -0.15) is 0 Å². The smallest absolute Gasteiger partial charge is 0.274 e. The van der Waals surface area contributed by atoms with Gasteiger partial charge >= 0.3 is 0 Å². The number of aromatic nitrogens is 1. The van der Waals surface area contributed by atoms with E-state index in [0.717, 1.165) is 18.2 Å². The van der Waals surface area contributed by atoms with Crippen LogP contribution in [0.4, 0.5) is 20.3 Å². The molecule has 1 aliphatic rings.